The molecule has 2 heterocycles. The molecule has 1 aliphatic rings. The quantitative estimate of drug-likeness (QED) is 0.757. The van der Waals surface area contributed by atoms with E-state index in [2.05, 4.69) is 10.3 Å². The predicted molar refractivity (Wildman–Crippen MR) is 55.3 cm³/mol. The van der Waals surface area contributed by atoms with E-state index in [0.717, 1.165) is 12.1 Å². The fraction of sp³-hybridized carbons (Fsp3) is 0.455. The molecular formula is C11H14N2O2. The van der Waals surface area contributed by atoms with Crippen molar-refractivity contribution in [2.24, 2.45) is 5.92 Å². The van der Waals surface area contributed by atoms with Crippen molar-refractivity contribution in [3.05, 3.63) is 30.1 Å². The Morgan fingerprint density at radius 1 is 1.73 bits per heavy atom. The highest BCUT2D eigenvalue weighted by Crippen LogP contribution is 2.35. The average Bonchev–Trinajstić information content (AvgIpc) is 2.63. The number of nitrogens with zero attached hydrogens (tertiary/aromatic N) is 1. The van der Waals surface area contributed by atoms with Crippen molar-refractivity contribution in [3.63, 3.8) is 0 Å². The zero-order chi connectivity index (χ0) is 10.9. The molecule has 80 valence electrons. The molecule has 0 aliphatic carbocycles. The summed E-state index contributed by atoms with van der Waals surface area (Å²) in [6.07, 6.45) is 4.09. The van der Waals surface area contributed by atoms with Gasteiger partial charge in [0.2, 0.25) is 0 Å². The van der Waals surface area contributed by atoms with E-state index < -0.39 is 11.5 Å². The summed E-state index contributed by atoms with van der Waals surface area (Å²) in [5.41, 5.74) is 0.454. The molecule has 4 heteroatoms. The van der Waals surface area contributed by atoms with Gasteiger partial charge in [-0.05, 0) is 31.5 Å². The molecule has 0 bridgehead atoms. The molecule has 2 N–H and O–H groups in total. The lowest BCUT2D eigenvalue weighted by Crippen LogP contribution is -2.41. The van der Waals surface area contributed by atoms with E-state index in [-0.39, 0.29) is 5.92 Å². The van der Waals surface area contributed by atoms with Crippen LogP contribution >= 0.6 is 0 Å². The van der Waals surface area contributed by atoms with Crippen LogP contribution in [-0.2, 0) is 10.3 Å². The Balaban J connectivity index is 2.37. The van der Waals surface area contributed by atoms with E-state index >= 15 is 0 Å². The van der Waals surface area contributed by atoms with Gasteiger partial charge in [0.15, 0.2) is 0 Å². The molecule has 0 aromatic carbocycles. The standard InChI is InChI=1S/C11H14N2O2/c1-11(8-3-2-5-12-7-8)9(10(14)15)4-6-13-11/h2-3,5,7,9,13H,4,6H2,1H3,(H,14,15). The summed E-state index contributed by atoms with van der Waals surface area (Å²) in [4.78, 5) is 15.2. The third-order valence-electron chi connectivity index (χ3n) is 3.18. The normalized spacial score (nSPS) is 30.3. The molecule has 1 aromatic heterocycles. The smallest absolute Gasteiger partial charge is 0.308 e. The molecule has 4 nitrogen and oxygen atoms in total. The van der Waals surface area contributed by atoms with E-state index in [0.29, 0.717) is 6.42 Å². The topological polar surface area (TPSA) is 62.2 Å². The minimum atomic E-state index is -0.744. The van der Waals surface area contributed by atoms with Crippen molar-refractivity contribution in [2.45, 2.75) is 18.9 Å². The first-order chi connectivity index (χ1) is 7.14. The highest BCUT2D eigenvalue weighted by atomic mass is 16.4. The molecular weight excluding hydrogens is 192 g/mol. The fourth-order valence-electron chi connectivity index (χ4n) is 2.23. The van der Waals surface area contributed by atoms with Crippen LogP contribution in [-0.4, -0.2) is 22.6 Å². The van der Waals surface area contributed by atoms with E-state index in [9.17, 15) is 4.79 Å². The number of pyridine rings is 1. The predicted octanol–water partition coefficient (Wildman–Crippen LogP) is 0.991. The van der Waals surface area contributed by atoms with Gasteiger partial charge in [-0.15, -0.1) is 0 Å². The minimum absolute atomic E-state index is 0.373. The summed E-state index contributed by atoms with van der Waals surface area (Å²) in [6.45, 7) is 2.66. The molecule has 2 atom stereocenters. The number of hydrogen-bond donors (Lipinski definition) is 2. The number of carboxylic acids is 1. The Labute approximate surface area is 88.3 Å². The van der Waals surface area contributed by atoms with Crippen LogP contribution in [0.3, 0.4) is 0 Å². The van der Waals surface area contributed by atoms with Crippen molar-refractivity contribution < 1.29 is 9.90 Å². The lowest BCUT2D eigenvalue weighted by atomic mass is 9.82. The van der Waals surface area contributed by atoms with Crippen molar-refractivity contribution in [1.29, 1.82) is 0 Å². The van der Waals surface area contributed by atoms with Crippen LogP contribution in [0.1, 0.15) is 18.9 Å². The molecule has 1 saturated heterocycles. The number of aliphatic carboxylic acids is 1. The lowest BCUT2D eigenvalue weighted by Gasteiger charge is -2.29. The van der Waals surface area contributed by atoms with Gasteiger partial charge in [0, 0.05) is 12.4 Å². The number of aromatic nitrogens is 1. The maximum Gasteiger partial charge on any atom is 0.308 e. The Hall–Kier alpha value is -1.42. The third-order valence-corrected chi connectivity index (χ3v) is 3.18. The van der Waals surface area contributed by atoms with Gasteiger partial charge < -0.3 is 10.4 Å². The van der Waals surface area contributed by atoms with Gasteiger partial charge in [-0.1, -0.05) is 6.07 Å². The molecule has 1 aromatic rings. The maximum absolute atomic E-state index is 11.1. The Bertz CT molecular complexity index is 366. The van der Waals surface area contributed by atoms with Crippen LogP contribution in [0.2, 0.25) is 0 Å². The summed E-state index contributed by atoms with van der Waals surface area (Å²) in [7, 11) is 0. The first-order valence-corrected chi connectivity index (χ1v) is 5.03. The molecule has 0 spiro atoms. The Morgan fingerprint density at radius 2 is 2.53 bits per heavy atom. The molecule has 15 heavy (non-hydrogen) atoms. The summed E-state index contributed by atoms with van der Waals surface area (Å²) in [5, 5.41) is 12.4. The summed E-state index contributed by atoms with van der Waals surface area (Å²) in [5.74, 6) is -1.12. The van der Waals surface area contributed by atoms with Gasteiger partial charge >= 0.3 is 5.97 Å². The van der Waals surface area contributed by atoms with Crippen LogP contribution in [0.25, 0.3) is 0 Å². The molecule has 0 saturated carbocycles. The Morgan fingerprint density at radius 3 is 3.13 bits per heavy atom. The van der Waals surface area contributed by atoms with Crippen LogP contribution in [0, 0.1) is 5.92 Å². The average molecular weight is 206 g/mol. The second-order valence-corrected chi connectivity index (χ2v) is 4.05. The van der Waals surface area contributed by atoms with Gasteiger partial charge in [0.05, 0.1) is 11.5 Å². The molecule has 2 unspecified atom stereocenters. The first-order valence-electron chi connectivity index (χ1n) is 5.03. The van der Waals surface area contributed by atoms with Crippen LogP contribution < -0.4 is 5.32 Å². The largest absolute Gasteiger partial charge is 0.481 e. The van der Waals surface area contributed by atoms with E-state index in [1.54, 1.807) is 12.4 Å². The molecule has 0 radical (unpaired) electrons. The molecule has 1 fully saturated rings. The minimum Gasteiger partial charge on any atom is -0.481 e. The Kier molecular flexibility index (Phi) is 2.44. The molecule has 0 amide bonds. The van der Waals surface area contributed by atoms with Crippen molar-refractivity contribution in [1.82, 2.24) is 10.3 Å². The van der Waals surface area contributed by atoms with E-state index in [1.807, 2.05) is 19.1 Å². The summed E-state index contributed by atoms with van der Waals surface area (Å²) in [6, 6.07) is 3.75. The van der Waals surface area contributed by atoms with Crippen LogP contribution in [0.4, 0.5) is 0 Å². The first kappa shape index (κ1) is 10.1. The second kappa shape index (κ2) is 3.62. The number of hydrogen-bond acceptors (Lipinski definition) is 3. The van der Waals surface area contributed by atoms with Crippen molar-refractivity contribution in [3.8, 4) is 0 Å². The SMILES string of the molecule is CC1(c2cccnc2)NCCC1C(=O)O. The number of carbonyl (C=O) groups is 1. The van der Waals surface area contributed by atoms with Crippen molar-refractivity contribution >= 4 is 5.97 Å². The van der Waals surface area contributed by atoms with Crippen LogP contribution in [0.5, 0.6) is 0 Å². The van der Waals surface area contributed by atoms with Gasteiger partial charge in [0.25, 0.3) is 0 Å². The maximum atomic E-state index is 11.1. The second-order valence-electron chi connectivity index (χ2n) is 4.05. The van der Waals surface area contributed by atoms with Crippen molar-refractivity contribution in [2.75, 3.05) is 6.54 Å². The van der Waals surface area contributed by atoms with Gasteiger partial charge in [-0.25, -0.2) is 0 Å². The zero-order valence-electron chi connectivity index (χ0n) is 8.60. The number of nitrogens with one attached hydrogen (secondary N) is 1. The number of carboxylic acid groups (broad SMARTS) is 1. The summed E-state index contributed by atoms with van der Waals surface area (Å²) < 4.78 is 0. The van der Waals surface area contributed by atoms with Gasteiger partial charge in [-0.3, -0.25) is 9.78 Å². The summed E-state index contributed by atoms with van der Waals surface area (Å²) >= 11 is 0. The molecule has 2 rings (SSSR count). The van der Waals surface area contributed by atoms with Crippen LogP contribution in [0.15, 0.2) is 24.5 Å². The lowest BCUT2D eigenvalue weighted by molar-refractivity contribution is -0.143. The zero-order valence-corrected chi connectivity index (χ0v) is 8.60. The monoisotopic (exact) mass is 206 g/mol. The van der Waals surface area contributed by atoms with E-state index in [1.165, 1.54) is 0 Å². The fourth-order valence-corrected chi connectivity index (χ4v) is 2.23. The number of rotatable bonds is 2. The van der Waals surface area contributed by atoms with Gasteiger partial charge in [0.1, 0.15) is 0 Å². The third kappa shape index (κ3) is 1.61. The van der Waals surface area contributed by atoms with Gasteiger partial charge in [-0.2, -0.15) is 0 Å². The highest BCUT2D eigenvalue weighted by molar-refractivity contribution is 5.72. The molecule has 1 aliphatic heterocycles. The highest BCUT2D eigenvalue weighted by Gasteiger charge is 2.44. The van der Waals surface area contributed by atoms with E-state index in [4.69, 9.17) is 5.11 Å².